The van der Waals surface area contributed by atoms with E-state index >= 15 is 0 Å². The Morgan fingerprint density at radius 3 is 1.58 bits per heavy atom. The van der Waals surface area contributed by atoms with Crippen LogP contribution in [0.25, 0.3) is 0 Å². The first-order valence-electron chi connectivity index (χ1n) is 17.9. The van der Waals surface area contributed by atoms with Crippen LogP contribution in [0.3, 0.4) is 0 Å². The fourth-order valence-electron chi connectivity index (χ4n) is 5.52. The number of alkyl halides is 2. The van der Waals surface area contributed by atoms with E-state index < -0.39 is 18.3 Å². The molecule has 0 fully saturated rings. The second-order valence-electron chi connectivity index (χ2n) is 12.8. The maximum Gasteiger partial charge on any atom is 0.374 e. The standard InChI is InChI=1S/C35H68F2N2O4/c1-5-7-9-11-13-15-17-21-26-32(27-22-18-19-23-29-35(36,37)34(41)42)39(33(40)28-25-30-38(3)4)43-31-24-20-16-14-12-10-8-6-2/h32H,5-31H2,1-4H3,(H,41,42). The van der Waals surface area contributed by atoms with Crippen molar-refractivity contribution < 1.29 is 28.3 Å². The summed E-state index contributed by atoms with van der Waals surface area (Å²) in [5.41, 5.74) is 0. The summed E-state index contributed by atoms with van der Waals surface area (Å²) in [7, 11) is 4.02. The van der Waals surface area contributed by atoms with Gasteiger partial charge in [-0.1, -0.05) is 129 Å². The molecule has 0 saturated carbocycles. The summed E-state index contributed by atoms with van der Waals surface area (Å²) < 4.78 is 26.8. The normalized spacial score (nSPS) is 12.6. The molecule has 8 heteroatoms. The number of amides is 1. The monoisotopic (exact) mass is 619 g/mol. The van der Waals surface area contributed by atoms with Gasteiger partial charge in [-0.15, -0.1) is 0 Å². The molecule has 1 amide bonds. The predicted octanol–water partition coefficient (Wildman–Crippen LogP) is 10.2. The van der Waals surface area contributed by atoms with Gasteiger partial charge in [0.1, 0.15) is 0 Å². The SMILES string of the molecule is CCCCCCCCCCON(C(=O)CCCN(C)C)C(CCCCCCCCCC)CCCCCCC(F)(F)C(=O)O. The van der Waals surface area contributed by atoms with Crippen molar-refractivity contribution in [2.24, 2.45) is 0 Å². The Morgan fingerprint density at radius 2 is 1.12 bits per heavy atom. The molecular weight excluding hydrogens is 550 g/mol. The van der Waals surface area contributed by atoms with Crippen LogP contribution in [0.5, 0.6) is 0 Å². The van der Waals surface area contributed by atoms with E-state index in [2.05, 4.69) is 18.7 Å². The largest absolute Gasteiger partial charge is 0.477 e. The van der Waals surface area contributed by atoms with Crippen LogP contribution >= 0.6 is 0 Å². The summed E-state index contributed by atoms with van der Waals surface area (Å²) in [6.45, 7) is 5.86. The summed E-state index contributed by atoms with van der Waals surface area (Å²) in [5.74, 6) is -5.65. The summed E-state index contributed by atoms with van der Waals surface area (Å²) in [4.78, 5) is 32.4. The number of hydrogen-bond acceptors (Lipinski definition) is 4. The molecule has 0 spiro atoms. The van der Waals surface area contributed by atoms with Crippen molar-refractivity contribution in [1.29, 1.82) is 0 Å². The highest BCUT2D eigenvalue weighted by atomic mass is 19.3. The molecule has 0 rings (SSSR count). The van der Waals surface area contributed by atoms with Crippen LogP contribution in [0.15, 0.2) is 0 Å². The van der Waals surface area contributed by atoms with Crippen LogP contribution in [-0.2, 0) is 14.4 Å². The third-order valence-electron chi connectivity index (χ3n) is 8.28. The Bertz CT molecular complexity index is 664. The third-order valence-corrected chi connectivity index (χ3v) is 8.28. The Balaban J connectivity index is 5.04. The van der Waals surface area contributed by atoms with Crippen LogP contribution in [0, 0.1) is 0 Å². The lowest BCUT2D eigenvalue weighted by Crippen LogP contribution is -2.41. The first-order valence-corrected chi connectivity index (χ1v) is 17.9. The molecular formula is C35H68F2N2O4. The van der Waals surface area contributed by atoms with Gasteiger partial charge >= 0.3 is 11.9 Å². The highest BCUT2D eigenvalue weighted by Gasteiger charge is 2.37. The Kier molecular flexibility index (Phi) is 27.4. The molecule has 43 heavy (non-hydrogen) atoms. The van der Waals surface area contributed by atoms with E-state index in [4.69, 9.17) is 9.94 Å². The topological polar surface area (TPSA) is 70.1 Å². The average Bonchev–Trinajstić information content (AvgIpc) is 2.96. The van der Waals surface area contributed by atoms with Gasteiger partial charge in [-0.3, -0.25) is 9.63 Å². The van der Waals surface area contributed by atoms with Gasteiger partial charge in [0, 0.05) is 12.8 Å². The van der Waals surface area contributed by atoms with E-state index in [1.54, 1.807) is 5.06 Å². The molecule has 0 heterocycles. The minimum atomic E-state index is -3.65. The summed E-state index contributed by atoms with van der Waals surface area (Å²) in [5, 5.41) is 10.3. The molecule has 256 valence electrons. The van der Waals surface area contributed by atoms with Crippen molar-refractivity contribution in [2.75, 3.05) is 27.2 Å². The van der Waals surface area contributed by atoms with Crippen molar-refractivity contribution in [3.05, 3.63) is 0 Å². The van der Waals surface area contributed by atoms with Crippen LogP contribution in [0.1, 0.15) is 174 Å². The van der Waals surface area contributed by atoms with Crippen molar-refractivity contribution in [1.82, 2.24) is 9.96 Å². The number of carboxylic acid groups (broad SMARTS) is 1. The van der Waals surface area contributed by atoms with E-state index in [1.807, 2.05) is 14.1 Å². The molecule has 0 aliphatic rings. The quantitative estimate of drug-likeness (QED) is 0.0600. The Hall–Kier alpha value is -1.28. The molecule has 0 aromatic carbocycles. The second kappa shape index (κ2) is 28.2. The fourth-order valence-corrected chi connectivity index (χ4v) is 5.52. The van der Waals surface area contributed by atoms with Crippen LogP contribution in [0.2, 0.25) is 0 Å². The average molecular weight is 619 g/mol. The van der Waals surface area contributed by atoms with E-state index in [0.29, 0.717) is 19.4 Å². The summed E-state index contributed by atoms with van der Waals surface area (Å²) in [6, 6.07) is -0.0125. The zero-order chi connectivity index (χ0) is 32.2. The zero-order valence-corrected chi connectivity index (χ0v) is 28.5. The first kappa shape index (κ1) is 41.7. The lowest BCUT2D eigenvalue weighted by molar-refractivity contribution is -0.203. The van der Waals surface area contributed by atoms with Gasteiger partial charge in [0.25, 0.3) is 0 Å². The first-order chi connectivity index (χ1) is 20.7. The Labute approximate surface area is 263 Å². The fraction of sp³-hybridized carbons (Fsp3) is 0.943. The smallest absolute Gasteiger partial charge is 0.374 e. The van der Waals surface area contributed by atoms with E-state index in [1.165, 1.54) is 77.0 Å². The lowest BCUT2D eigenvalue weighted by atomic mass is 9.99. The zero-order valence-electron chi connectivity index (χ0n) is 28.5. The van der Waals surface area contributed by atoms with Crippen molar-refractivity contribution >= 4 is 11.9 Å². The molecule has 0 aromatic rings. The molecule has 0 aromatic heterocycles. The number of aliphatic carboxylic acids is 1. The molecule has 6 nitrogen and oxygen atoms in total. The number of carbonyl (C=O) groups excluding carboxylic acids is 1. The maximum absolute atomic E-state index is 13.4. The number of hydroxylamine groups is 2. The van der Waals surface area contributed by atoms with Gasteiger partial charge in [-0.05, 0) is 52.7 Å². The molecule has 0 saturated heterocycles. The summed E-state index contributed by atoms with van der Waals surface area (Å²) in [6.07, 6.45) is 24.1. The van der Waals surface area contributed by atoms with Crippen LogP contribution in [-0.4, -0.2) is 66.2 Å². The number of halogens is 2. The van der Waals surface area contributed by atoms with Gasteiger partial charge in [0.2, 0.25) is 5.91 Å². The van der Waals surface area contributed by atoms with Crippen LogP contribution in [0.4, 0.5) is 8.78 Å². The van der Waals surface area contributed by atoms with E-state index in [9.17, 15) is 18.4 Å². The van der Waals surface area contributed by atoms with E-state index in [0.717, 1.165) is 64.3 Å². The van der Waals surface area contributed by atoms with E-state index in [-0.39, 0.29) is 18.4 Å². The molecule has 0 aliphatic carbocycles. The molecule has 1 unspecified atom stereocenters. The molecule has 1 N–H and O–H groups in total. The molecule has 0 bridgehead atoms. The molecule has 0 aliphatic heterocycles. The number of hydrogen-bond donors (Lipinski definition) is 1. The number of unbranched alkanes of at least 4 members (excludes halogenated alkanes) is 17. The second-order valence-corrected chi connectivity index (χ2v) is 12.8. The number of nitrogens with zero attached hydrogens (tertiary/aromatic N) is 2. The summed E-state index contributed by atoms with van der Waals surface area (Å²) >= 11 is 0. The third kappa shape index (κ3) is 24.7. The van der Waals surface area contributed by atoms with Crippen LogP contribution < -0.4 is 0 Å². The number of rotatable bonds is 32. The molecule has 0 radical (unpaired) electrons. The van der Waals surface area contributed by atoms with Gasteiger partial charge in [-0.2, -0.15) is 8.78 Å². The van der Waals surface area contributed by atoms with Gasteiger partial charge in [0.15, 0.2) is 0 Å². The maximum atomic E-state index is 13.4. The van der Waals surface area contributed by atoms with Gasteiger partial charge < -0.3 is 10.0 Å². The Morgan fingerprint density at radius 1 is 0.674 bits per heavy atom. The number of carbonyl (C=O) groups is 2. The van der Waals surface area contributed by atoms with Gasteiger partial charge in [0.05, 0.1) is 12.6 Å². The number of carboxylic acids is 1. The van der Waals surface area contributed by atoms with Crippen molar-refractivity contribution in [2.45, 2.75) is 186 Å². The van der Waals surface area contributed by atoms with Gasteiger partial charge in [-0.25, -0.2) is 9.86 Å². The minimum absolute atomic E-state index is 0.0125. The molecule has 1 atom stereocenters. The predicted molar refractivity (Wildman–Crippen MR) is 174 cm³/mol. The minimum Gasteiger partial charge on any atom is -0.477 e. The lowest BCUT2D eigenvalue weighted by Gasteiger charge is -2.31. The highest BCUT2D eigenvalue weighted by molar-refractivity contribution is 5.75. The van der Waals surface area contributed by atoms with Crippen molar-refractivity contribution in [3.8, 4) is 0 Å². The van der Waals surface area contributed by atoms with Crippen molar-refractivity contribution in [3.63, 3.8) is 0 Å². The highest BCUT2D eigenvalue weighted by Crippen LogP contribution is 2.24.